The summed E-state index contributed by atoms with van der Waals surface area (Å²) in [7, 11) is 0. The number of aromatic amines is 1. The van der Waals surface area contributed by atoms with Crippen molar-refractivity contribution in [3.05, 3.63) is 53.0 Å². The maximum absolute atomic E-state index is 11.7. The average Bonchev–Trinajstić information content (AvgIpc) is 2.88. The fourth-order valence-electron chi connectivity index (χ4n) is 1.57. The number of nitrogens with zero attached hydrogens (tertiary/aromatic N) is 2. The van der Waals surface area contributed by atoms with Crippen LogP contribution in [0.4, 0.5) is 0 Å². The van der Waals surface area contributed by atoms with Crippen LogP contribution in [0.1, 0.15) is 16.8 Å². The molecule has 6 heteroatoms. The summed E-state index contributed by atoms with van der Waals surface area (Å²) in [5, 5.41) is 2.71. The predicted molar refractivity (Wildman–Crippen MR) is 66.2 cm³/mol. The molecule has 0 aromatic carbocycles. The Bertz CT molecular complexity index is 559. The fourth-order valence-corrected chi connectivity index (χ4v) is 1.57. The molecule has 0 unspecified atom stereocenters. The monoisotopic (exact) mass is 246 g/mol. The minimum atomic E-state index is -0.345. The van der Waals surface area contributed by atoms with Crippen LogP contribution in [0.25, 0.3) is 0 Å². The highest BCUT2D eigenvalue weighted by atomic mass is 16.2. The molecule has 94 valence electrons. The van der Waals surface area contributed by atoms with Gasteiger partial charge in [0.15, 0.2) is 5.43 Å². The summed E-state index contributed by atoms with van der Waals surface area (Å²) in [6.07, 6.45) is 8.99. The lowest BCUT2D eigenvalue weighted by atomic mass is 10.2. The first-order valence-corrected chi connectivity index (χ1v) is 5.68. The lowest BCUT2D eigenvalue weighted by Gasteiger charge is -2.05. The molecule has 2 rings (SSSR count). The van der Waals surface area contributed by atoms with Crippen molar-refractivity contribution in [3.8, 4) is 0 Å². The van der Waals surface area contributed by atoms with Crippen LogP contribution in [-0.2, 0) is 6.54 Å². The van der Waals surface area contributed by atoms with E-state index in [1.54, 1.807) is 12.5 Å². The Morgan fingerprint density at radius 2 is 2.39 bits per heavy atom. The quantitative estimate of drug-likeness (QED) is 0.749. The summed E-state index contributed by atoms with van der Waals surface area (Å²) in [6, 6.07) is 1.33. The Labute approximate surface area is 104 Å². The minimum absolute atomic E-state index is 0.139. The summed E-state index contributed by atoms with van der Waals surface area (Å²) >= 11 is 0. The highest BCUT2D eigenvalue weighted by Crippen LogP contribution is 1.91. The van der Waals surface area contributed by atoms with Crippen molar-refractivity contribution in [1.29, 1.82) is 0 Å². The molecular weight excluding hydrogens is 232 g/mol. The van der Waals surface area contributed by atoms with Gasteiger partial charge in [-0.1, -0.05) is 0 Å². The predicted octanol–water partition coefficient (Wildman–Crippen LogP) is 0.391. The molecule has 0 aliphatic rings. The molecule has 0 spiro atoms. The molecule has 2 aromatic rings. The first kappa shape index (κ1) is 12.1. The summed E-state index contributed by atoms with van der Waals surface area (Å²) in [5.41, 5.74) is -0.138. The molecule has 6 nitrogen and oxygen atoms in total. The zero-order valence-corrected chi connectivity index (χ0v) is 9.80. The van der Waals surface area contributed by atoms with Gasteiger partial charge in [0.1, 0.15) is 5.56 Å². The van der Waals surface area contributed by atoms with Gasteiger partial charge >= 0.3 is 0 Å². The molecule has 1 amide bonds. The second-order valence-corrected chi connectivity index (χ2v) is 3.83. The van der Waals surface area contributed by atoms with Crippen molar-refractivity contribution >= 4 is 5.91 Å². The van der Waals surface area contributed by atoms with E-state index in [0.717, 1.165) is 13.0 Å². The van der Waals surface area contributed by atoms with E-state index in [0.29, 0.717) is 6.54 Å². The zero-order valence-electron chi connectivity index (χ0n) is 9.80. The first-order chi connectivity index (χ1) is 8.77. The number of rotatable bonds is 5. The minimum Gasteiger partial charge on any atom is -0.367 e. The van der Waals surface area contributed by atoms with Crippen molar-refractivity contribution in [2.75, 3.05) is 6.54 Å². The maximum atomic E-state index is 11.7. The summed E-state index contributed by atoms with van der Waals surface area (Å²) in [4.78, 5) is 29.7. The van der Waals surface area contributed by atoms with Crippen molar-refractivity contribution in [3.63, 3.8) is 0 Å². The number of aryl methyl sites for hydroxylation is 1. The van der Waals surface area contributed by atoms with E-state index in [1.165, 1.54) is 18.5 Å². The molecular formula is C12H14N4O2. The first-order valence-electron chi connectivity index (χ1n) is 5.68. The third-order valence-electron chi connectivity index (χ3n) is 2.51. The van der Waals surface area contributed by atoms with E-state index >= 15 is 0 Å². The van der Waals surface area contributed by atoms with Crippen LogP contribution in [0.2, 0.25) is 0 Å². The van der Waals surface area contributed by atoms with Gasteiger partial charge in [-0.2, -0.15) is 0 Å². The number of H-pyrrole nitrogens is 1. The topological polar surface area (TPSA) is 79.8 Å². The van der Waals surface area contributed by atoms with Crippen LogP contribution < -0.4 is 10.7 Å². The van der Waals surface area contributed by atoms with Gasteiger partial charge in [0.05, 0.1) is 6.33 Å². The van der Waals surface area contributed by atoms with E-state index in [-0.39, 0.29) is 16.9 Å². The molecule has 0 saturated heterocycles. The van der Waals surface area contributed by atoms with E-state index in [4.69, 9.17) is 0 Å². The molecule has 0 aliphatic heterocycles. The number of aromatic nitrogens is 3. The van der Waals surface area contributed by atoms with Gasteiger partial charge in [0, 0.05) is 43.9 Å². The SMILES string of the molecule is O=C(NCCCn1ccnc1)c1c[nH]ccc1=O. The zero-order chi connectivity index (χ0) is 12.8. The molecule has 2 aromatic heterocycles. The number of carbonyl (C=O) groups excluding carboxylic acids is 1. The maximum Gasteiger partial charge on any atom is 0.256 e. The van der Waals surface area contributed by atoms with Crippen molar-refractivity contribution in [1.82, 2.24) is 19.9 Å². The number of amides is 1. The number of hydrogen-bond acceptors (Lipinski definition) is 3. The van der Waals surface area contributed by atoms with E-state index in [1.807, 2.05) is 10.8 Å². The highest BCUT2D eigenvalue weighted by molar-refractivity contribution is 5.93. The second kappa shape index (κ2) is 5.81. The number of pyridine rings is 1. The molecule has 0 fully saturated rings. The Kier molecular flexibility index (Phi) is 3.90. The van der Waals surface area contributed by atoms with Crippen molar-refractivity contribution in [2.45, 2.75) is 13.0 Å². The molecule has 2 N–H and O–H groups in total. The lowest BCUT2D eigenvalue weighted by Crippen LogP contribution is -2.29. The third kappa shape index (κ3) is 3.07. The van der Waals surface area contributed by atoms with Gasteiger partial charge in [0.2, 0.25) is 0 Å². The molecule has 2 heterocycles. The smallest absolute Gasteiger partial charge is 0.256 e. The van der Waals surface area contributed by atoms with E-state index < -0.39 is 0 Å². The van der Waals surface area contributed by atoms with Gasteiger partial charge in [-0.25, -0.2) is 4.98 Å². The van der Waals surface area contributed by atoms with Crippen LogP contribution in [0.5, 0.6) is 0 Å². The number of carbonyl (C=O) groups is 1. The Morgan fingerprint density at radius 3 is 3.11 bits per heavy atom. The van der Waals surface area contributed by atoms with Crippen molar-refractivity contribution in [2.24, 2.45) is 0 Å². The third-order valence-corrected chi connectivity index (χ3v) is 2.51. The lowest BCUT2D eigenvalue weighted by molar-refractivity contribution is 0.0951. The molecule has 0 atom stereocenters. The molecule has 18 heavy (non-hydrogen) atoms. The fraction of sp³-hybridized carbons (Fsp3) is 0.250. The Hall–Kier alpha value is -2.37. The number of hydrogen-bond donors (Lipinski definition) is 2. The van der Waals surface area contributed by atoms with Crippen LogP contribution in [0, 0.1) is 0 Å². The van der Waals surface area contributed by atoms with Crippen LogP contribution in [0.3, 0.4) is 0 Å². The normalized spacial score (nSPS) is 10.2. The van der Waals surface area contributed by atoms with Crippen LogP contribution in [-0.4, -0.2) is 27.0 Å². The Morgan fingerprint density at radius 1 is 1.50 bits per heavy atom. The molecule has 0 aliphatic carbocycles. The van der Waals surface area contributed by atoms with Crippen LogP contribution in [0.15, 0.2) is 42.0 Å². The van der Waals surface area contributed by atoms with E-state index in [9.17, 15) is 9.59 Å². The van der Waals surface area contributed by atoms with Gasteiger partial charge in [-0.15, -0.1) is 0 Å². The Balaban J connectivity index is 1.79. The summed E-state index contributed by atoms with van der Waals surface area (Å²) in [5.74, 6) is -0.345. The molecule has 0 bridgehead atoms. The van der Waals surface area contributed by atoms with Gasteiger partial charge in [-0.05, 0) is 6.42 Å². The number of imidazole rings is 1. The highest BCUT2D eigenvalue weighted by Gasteiger charge is 2.07. The van der Waals surface area contributed by atoms with Gasteiger partial charge in [0.25, 0.3) is 5.91 Å². The summed E-state index contributed by atoms with van der Waals surface area (Å²) in [6.45, 7) is 1.30. The molecule has 0 saturated carbocycles. The second-order valence-electron chi connectivity index (χ2n) is 3.83. The van der Waals surface area contributed by atoms with Crippen LogP contribution >= 0.6 is 0 Å². The summed E-state index contributed by atoms with van der Waals surface area (Å²) < 4.78 is 1.93. The van der Waals surface area contributed by atoms with Gasteiger partial charge < -0.3 is 14.9 Å². The largest absolute Gasteiger partial charge is 0.367 e. The average molecular weight is 246 g/mol. The van der Waals surface area contributed by atoms with Gasteiger partial charge in [-0.3, -0.25) is 9.59 Å². The van der Waals surface area contributed by atoms with E-state index in [2.05, 4.69) is 15.3 Å². The number of nitrogens with one attached hydrogen (secondary N) is 2. The van der Waals surface area contributed by atoms with Crippen molar-refractivity contribution < 1.29 is 4.79 Å². The molecule has 0 radical (unpaired) electrons. The standard InChI is InChI=1S/C12H14N4O2/c17-11-2-4-13-8-10(11)12(18)15-3-1-6-16-7-5-14-9-16/h2,4-5,7-9H,1,3,6H2,(H,13,17)(H,15,18).